The average Bonchev–Trinajstić information content (AvgIpc) is 3.20. The largest absolute Gasteiger partial charge is 0.457 e. The molecule has 0 amide bonds. The van der Waals surface area contributed by atoms with Gasteiger partial charge in [0.25, 0.3) is 0 Å². The zero-order valence-corrected chi connectivity index (χ0v) is 15.0. The van der Waals surface area contributed by atoms with Crippen LogP contribution in [0.3, 0.4) is 0 Å². The van der Waals surface area contributed by atoms with Crippen LogP contribution in [0, 0.1) is 5.41 Å². The van der Waals surface area contributed by atoms with Crippen molar-refractivity contribution in [3.05, 3.63) is 54.6 Å². The maximum atomic E-state index is 12.0. The van der Waals surface area contributed by atoms with E-state index in [1.165, 1.54) is 6.33 Å². The quantitative estimate of drug-likeness (QED) is 0.740. The summed E-state index contributed by atoms with van der Waals surface area (Å²) in [7, 11) is 0. The van der Waals surface area contributed by atoms with E-state index in [4.69, 9.17) is 14.2 Å². The lowest BCUT2D eigenvalue weighted by Crippen LogP contribution is -2.45. The van der Waals surface area contributed by atoms with Crippen molar-refractivity contribution in [2.24, 2.45) is 5.41 Å². The summed E-state index contributed by atoms with van der Waals surface area (Å²) >= 11 is 0. The number of hydrogen-bond acceptors (Lipinski definition) is 6. The molecular formula is C19H23N3O4. The standard InChI is InChI=1S/C19H23N3O4/c1-3-18(23)26-17(19(2)10-24-14-25-11-19)9-16(22-13-20-12-21-22)15-7-5-4-6-8-15/h4-9,12-13,17H,3,10-11,14H2,1-2H3. The predicted molar refractivity (Wildman–Crippen MR) is 94.9 cm³/mol. The Morgan fingerprint density at radius 2 is 2.08 bits per heavy atom. The molecule has 1 aliphatic rings. The van der Waals surface area contributed by atoms with E-state index in [-0.39, 0.29) is 12.8 Å². The van der Waals surface area contributed by atoms with Crippen LogP contribution in [0.25, 0.3) is 5.70 Å². The molecule has 1 fully saturated rings. The van der Waals surface area contributed by atoms with Gasteiger partial charge in [-0.05, 0) is 6.08 Å². The number of hydrogen-bond donors (Lipinski definition) is 0. The Kier molecular flexibility index (Phi) is 5.80. The molecule has 0 bridgehead atoms. The number of ether oxygens (including phenoxy) is 3. The van der Waals surface area contributed by atoms with Gasteiger partial charge >= 0.3 is 5.97 Å². The normalized spacial score (nSPS) is 18.3. The fourth-order valence-electron chi connectivity index (χ4n) is 2.81. The van der Waals surface area contributed by atoms with Crippen LogP contribution in [0.15, 0.2) is 49.1 Å². The van der Waals surface area contributed by atoms with Crippen LogP contribution in [0.2, 0.25) is 0 Å². The Morgan fingerprint density at radius 3 is 2.69 bits per heavy atom. The first-order chi connectivity index (χ1) is 12.6. The minimum Gasteiger partial charge on any atom is -0.457 e. The summed E-state index contributed by atoms with van der Waals surface area (Å²) in [5.74, 6) is -0.274. The van der Waals surface area contributed by atoms with Crippen LogP contribution in [-0.2, 0) is 19.0 Å². The van der Waals surface area contributed by atoms with Crippen molar-refractivity contribution in [1.29, 1.82) is 0 Å². The number of carbonyl (C=O) groups is 1. The molecule has 1 aliphatic heterocycles. The van der Waals surface area contributed by atoms with Gasteiger partial charge in [0.2, 0.25) is 0 Å². The third kappa shape index (κ3) is 4.17. The minimum atomic E-state index is -0.533. The third-order valence-corrected chi connectivity index (χ3v) is 4.31. The van der Waals surface area contributed by atoms with Gasteiger partial charge in [-0.15, -0.1) is 0 Å². The van der Waals surface area contributed by atoms with Gasteiger partial charge in [-0.25, -0.2) is 9.67 Å². The Hall–Kier alpha value is -2.51. The predicted octanol–water partition coefficient (Wildman–Crippen LogP) is 2.50. The van der Waals surface area contributed by atoms with Crippen molar-refractivity contribution >= 4 is 11.7 Å². The average molecular weight is 357 g/mol. The third-order valence-electron chi connectivity index (χ3n) is 4.31. The van der Waals surface area contributed by atoms with Crippen molar-refractivity contribution in [3.8, 4) is 0 Å². The Bertz CT molecular complexity index is 737. The molecular weight excluding hydrogens is 334 g/mol. The maximum absolute atomic E-state index is 12.0. The highest BCUT2D eigenvalue weighted by molar-refractivity contribution is 5.70. The first kappa shape index (κ1) is 18.3. The summed E-state index contributed by atoms with van der Waals surface area (Å²) in [5, 5.41) is 4.25. The number of nitrogens with zero attached hydrogens (tertiary/aromatic N) is 3. The highest BCUT2D eigenvalue weighted by atomic mass is 16.7. The van der Waals surface area contributed by atoms with Gasteiger partial charge in [0.15, 0.2) is 0 Å². The second kappa shape index (κ2) is 8.25. The summed E-state index contributed by atoms with van der Waals surface area (Å²) in [6, 6.07) is 9.79. The summed E-state index contributed by atoms with van der Waals surface area (Å²) in [4.78, 5) is 16.1. The highest BCUT2D eigenvalue weighted by Gasteiger charge is 2.39. The van der Waals surface area contributed by atoms with Crippen LogP contribution in [0.1, 0.15) is 25.8 Å². The van der Waals surface area contributed by atoms with E-state index >= 15 is 0 Å². The number of benzene rings is 1. The van der Waals surface area contributed by atoms with Crippen LogP contribution in [0.4, 0.5) is 0 Å². The smallest absolute Gasteiger partial charge is 0.306 e. The minimum absolute atomic E-state index is 0.252. The van der Waals surface area contributed by atoms with Crippen molar-refractivity contribution in [2.75, 3.05) is 20.0 Å². The van der Waals surface area contributed by atoms with Gasteiger partial charge in [-0.3, -0.25) is 4.79 Å². The van der Waals surface area contributed by atoms with Gasteiger partial charge in [0.1, 0.15) is 25.6 Å². The van der Waals surface area contributed by atoms with Crippen LogP contribution >= 0.6 is 0 Å². The molecule has 0 spiro atoms. The maximum Gasteiger partial charge on any atom is 0.306 e. The highest BCUT2D eigenvalue weighted by Crippen LogP contribution is 2.31. The van der Waals surface area contributed by atoms with Crippen molar-refractivity contribution < 1.29 is 19.0 Å². The number of carbonyl (C=O) groups excluding carboxylic acids is 1. The molecule has 7 nitrogen and oxygen atoms in total. The van der Waals surface area contributed by atoms with Crippen molar-refractivity contribution in [3.63, 3.8) is 0 Å². The number of esters is 1. The van der Waals surface area contributed by atoms with Gasteiger partial charge < -0.3 is 14.2 Å². The van der Waals surface area contributed by atoms with E-state index in [9.17, 15) is 4.79 Å². The second-order valence-electron chi connectivity index (χ2n) is 6.49. The Morgan fingerprint density at radius 1 is 1.35 bits per heavy atom. The first-order valence-corrected chi connectivity index (χ1v) is 8.59. The molecule has 1 aromatic carbocycles. The summed E-state index contributed by atoms with van der Waals surface area (Å²) < 4.78 is 18.4. The summed E-state index contributed by atoms with van der Waals surface area (Å²) in [6.07, 6.45) is 4.75. The molecule has 1 aromatic heterocycles. The van der Waals surface area contributed by atoms with Crippen LogP contribution in [-0.4, -0.2) is 46.8 Å². The van der Waals surface area contributed by atoms with E-state index < -0.39 is 11.5 Å². The van der Waals surface area contributed by atoms with Gasteiger partial charge in [0, 0.05) is 12.0 Å². The first-order valence-electron chi connectivity index (χ1n) is 8.59. The van der Waals surface area contributed by atoms with Gasteiger partial charge in [-0.2, -0.15) is 5.10 Å². The zero-order chi connectivity index (χ0) is 18.4. The van der Waals surface area contributed by atoms with Crippen molar-refractivity contribution in [2.45, 2.75) is 26.4 Å². The zero-order valence-electron chi connectivity index (χ0n) is 15.0. The molecule has 0 aliphatic carbocycles. The van der Waals surface area contributed by atoms with Crippen molar-refractivity contribution in [1.82, 2.24) is 14.8 Å². The Balaban J connectivity index is 2.03. The SMILES string of the molecule is CCC(=O)OC(C=C(c1ccccc1)n1cncn1)C1(C)COCOC1. The van der Waals surface area contributed by atoms with E-state index in [2.05, 4.69) is 10.1 Å². The van der Waals surface area contributed by atoms with E-state index in [1.807, 2.05) is 43.3 Å². The molecule has 26 heavy (non-hydrogen) atoms. The molecule has 0 N–H and O–H groups in total. The number of rotatable bonds is 6. The molecule has 2 heterocycles. The lowest BCUT2D eigenvalue weighted by molar-refractivity contribution is -0.193. The molecule has 0 radical (unpaired) electrons. The van der Waals surface area contributed by atoms with Gasteiger partial charge in [-0.1, -0.05) is 44.2 Å². The molecule has 3 rings (SSSR count). The lowest BCUT2D eigenvalue weighted by Gasteiger charge is -2.38. The molecule has 1 atom stereocenters. The van der Waals surface area contributed by atoms with Gasteiger partial charge in [0.05, 0.1) is 24.3 Å². The molecule has 2 aromatic rings. The number of aromatic nitrogens is 3. The molecule has 7 heteroatoms. The Labute approximate surface area is 152 Å². The molecule has 1 unspecified atom stereocenters. The van der Waals surface area contributed by atoms with E-state index in [0.717, 1.165) is 11.3 Å². The molecule has 0 saturated carbocycles. The molecule has 138 valence electrons. The molecule has 1 saturated heterocycles. The van der Waals surface area contributed by atoms with E-state index in [0.29, 0.717) is 19.6 Å². The fraction of sp³-hybridized carbons (Fsp3) is 0.421. The topological polar surface area (TPSA) is 75.5 Å². The summed E-state index contributed by atoms with van der Waals surface area (Å²) in [5.41, 5.74) is 1.23. The summed E-state index contributed by atoms with van der Waals surface area (Å²) in [6.45, 7) is 4.88. The van der Waals surface area contributed by atoms with Crippen LogP contribution in [0.5, 0.6) is 0 Å². The van der Waals surface area contributed by atoms with E-state index in [1.54, 1.807) is 17.9 Å². The van der Waals surface area contributed by atoms with Crippen LogP contribution < -0.4 is 0 Å². The fourth-order valence-corrected chi connectivity index (χ4v) is 2.81. The monoisotopic (exact) mass is 357 g/mol. The lowest BCUT2D eigenvalue weighted by atomic mass is 9.84. The second-order valence-corrected chi connectivity index (χ2v) is 6.49.